The van der Waals surface area contributed by atoms with E-state index in [1.807, 2.05) is 48.9 Å². The Hall–Kier alpha value is -2.87. The Bertz CT molecular complexity index is 995. The highest BCUT2D eigenvalue weighted by Crippen LogP contribution is 2.30. The average molecular weight is 404 g/mol. The van der Waals surface area contributed by atoms with Crippen molar-refractivity contribution in [2.75, 3.05) is 10.6 Å². The van der Waals surface area contributed by atoms with Crippen molar-refractivity contribution in [3.8, 4) is 0 Å². The van der Waals surface area contributed by atoms with Crippen LogP contribution < -0.4 is 10.6 Å². The summed E-state index contributed by atoms with van der Waals surface area (Å²) in [6, 6.07) is 14.5. The van der Waals surface area contributed by atoms with E-state index in [9.17, 15) is 13.2 Å². The number of nitrogens with one attached hydrogen (secondary N) is 2. The van der Waals surface area contributed by atoms with E-state index >= 15 is 0 Å². The molecule has 2 aromatic carbocycles. The van der Waals surface area contributed by atoms with Crippen molar-refractivity contribution >= 4 is 28.7 Å². The van der Waals surface area contributed by atoms with Gasteiger partial charge >= 0.3 is 6.18 Å². The van der Waals surface area contributed by atoms with Gasteiger partial charge in [-0.05, 0) is 68.0 Å². The molecule has 1 heterocycles. The molecule has 0 aliphatic rings. The Morgan fingerprint density at radius 1 is 1.00 bits per heavy atom. The third-order valence-corrected chi connectivity index (χ3v) is 4.27. The van der Waals surface area contributed by atoms with Crippen LogP contribution in [0, 0.1) is 13.8 Å². The third kappa shape index (κ3) is 5.10. The molecule has 0 aliphatic carbocycles. The molecular weight excluding hydrogens is 385 g/mol. The predicted octanol–water partition coefficient (Wildman–Crippen LogP) is 5.38. The van der Waals surface area contributed by atoms with Crippen LogP contribution in [0.1, 0.15) is 22.5 Å². The number of thiocarbonyl (C=S) groups is 1. The number of aryl methyl sites for hydroxylation is 2. The molecule has 0 radical (unpaired) electrons. The van der Waals surface area contributed by atoms with Crippen LogP contribution in [0.15, 0.2) is 54.6 Å². The summed E-state index contributed by atoms with van der Waals surface area (Å²) in [4.78, 5) is 0. The molecule has 0 saturated carbocycles. The molecule has 146 valence electrons. The summed E-state index contributed by atoms with van der Waals surface area (Å²) < 4.78 is 40.4. The number of halogens is 3. The van der Waals surface area contributed by atoms with Gasteiger partial charge in [0.25, 0.3) is 0 Å². The van der Waals surface area contributed by atoms with Crippen molar-refractivity contribution in [2.45, 2.75) is 26.6 Å². The summed E-state index contributed by atoms with van der Waals surface area (Å²) in [5, 5.41) is 10.4. The summed E-state index contributed by atoms with van der Waals surface area (Å²) in [6.45, 7) is 4.55. The van der Waals surface area contributed by atoms with E-state index in [2.05, 4.69) is 15.7 Å². The molecule has 0 fully saturated rings. The van der Waals surface area contributed by atoms with Gasteiger partial charge in [0.2, 0.25) is 0 Å². The van der Waals surface area contributed by atoms with Gasteiger partial charge in [0.05, 0.1) is 17.8 Å². The maximum absolute atomic E-state index is 12.8. The first-order valence-electron chi connectivity index (χ1n) is 8.56. The Morgan fingerprint density at radius 2 is 1.64 bits per heavy atom. The lowest BCUT2D eigenvalue weighted by atomic mass is 10.2. The number of anilines is 2. The van der Waals surface area contributed by atoms with Gasteiger partial charge in [-0.2, -0.15) is 18.3 Å². The summed E-state index contributed by atoms with van der Waals surface area (Å²) in [6.07, 6.45) is -4.40. The van der Waals surface area contributed by atoms with Gasteiger partial charge in [-0.15, -0.1) is 0 Å². The highest BCUT2D eigenvalue weighted by Gasteiger charge is 2.30. The van der Waals surface area contributed by atoms with Gasteiger partial charge < -0.3 is 10.6 Å². The van der Waals surface area contributed by atoms with Gasteiger partial charge in [0, 0.05) is 17.1 Å². The highest BCUT2D eigenvalue weighted by atomic mass is 32.1. The van der Waals surface area contributed by atoms with Gasteiger partial charge in [-0.3, -0.25) is 4.68 Å². The smallest absolute Gasteiger partial charge is 0.332 e. The molecule has 0 spiro atoms. The SMILES string of the molecule is Cc1cc(C)n(Cc2cccc(NC(=S)Nc3cccc(C(F)(F)F)c3)c2)n1. The first kappa shape index (κ1) is 19.9. The zero-order chi connectivity index (χ0) is 20.3. The van der Waals surface area contributed by atoms with Crippen LogP contribution in [-0.2, 0) is 12.7 Å². The minimum Gasteiger partial charge on any atom is -0.332 e. The highest BCUT2D eigenvalue weighted by molar-refractivity contribution is 7.80. The molecule has 0 bridgehead atoms. The van der Waals surface area contributed by atoms with Crippen LogP contribution in [0.4, 0.5) is 24.5 Å². The summed E-state index contributed by atoms with van der Waals surface area (Å²) in [7, 11) is 0. The second-order valence-electron chi connectivity index (χ2n) is 6.44. The standard InChI is InChI=1S/C20H19F3N4S/c1-13-9-14(2)27(26-13)12-15-5-3-7-17(10-15)24-19(28)25-18-8-4-6-16(11-18)20(21,22)23/h3-11H,12H2,1-2H3,(H2,24,25,28). The minimum atomic E-state index is -4.40. The van der Waals surface area contributed by atoms with Crippen LogP contribution in [0.25, 0.3) is 0 Å². The minimum absolute atomic E-state index is 0.211. The van der Waals surface area contributed by atoms with Crippen LogP contribution in [0.2, 0.25) is 0 Å². The van der Waals surface area contributed by atoms with Gasteiger partial charge in [0.15, 0.2) is 5.11 Å². The molecule has 0 aliphatic heterocycles. The first-order chi connectivity index (χ1) is 13.2. The summed E-state index contributed by atoms with van der Waals surface area (Å²) in [5.74, 6) is 0. The van der Waals surface area contributed by atoms with E-state index in [0.29, 0.717) is 6.54 Å². The van der Waals surface area contributed by atoms with Gasteiger partial charge in [0.1, 0.15) is 0 Å². The first-order valence-corrected chi connectivity index (χ1v) is 8.97. The number of benzene rings is 2. The maximum Gasteiger partial charge on any atom is 0.416 e. The van der Waals surface area contributed by atoms with Crippen molar-refractivity contribution < 1.29 is 13.2 Å². The van der Waals surface area contributed by atoms with Crippen molar-refractivity contribution in [3.05, 3.63) is 77.1 Å². The van der Waals surface area contributed by atoms with Crippen molar-refractivity contribution in [1.29, 1.82) is 0 Å². The van der Waals surface area contributed by atoms with Crippen LogP contribution in [-0.4, -0.2) is 14.9 Å². The number of hydrogen-bond acceptors (Lipinski definition) is 2. The Kier molecular flexibility index (Phi) is 5.69. The number of alkyl halides is 3. The lowest BCUT2D eigenvalue weighted by molar-refractivity contribution is -0.137. The molecule has 1 aromatic heterocycles. The van der Waals surface area contributed by atoms with Crippen LogP contribution >= 0.6 is 12.2 Å². The normalized spacial score (nSPS) is 11.3. The quantitative estimate of drug-likeness (QED) is 0.573. The molecule has 0 saturated heterocycles. The fourth-order valence-electron chi connectivity index (χ4n) is 2.82. The number of hydrogen-bond donors (Lipinski definition) is 2. The number of aromatic nitrogens is 2. The molecule has 0 unspecified atom stereocenters. The van der Waals surface area contributed by atoms with Crippen molar-refractivity contribution in [2.24, 2.45) is 0 Å². The van der Waals surface area contributed by atoms with E-state index in [1.165, 1.54) is 12.1 Å². The van der Waals surface area contributed by atoms with Gasteiger partial charge in [-0.1, -0.05) is 18.2 Å². The fourth-order valence-corrected chi connectivity index (χ4v) is 3.06. The molecule has 0 atom stereocenters. The Labute approximate surface area is 166 Å². The van der Waals surface area contributed by atoms with Crippen LogP contribution in [0.5, 0.6) is 0 Å². The third-order valence-electron chi connectivity index (χ3n) is 4.07. The Morgan fingerprint density at radius 3 is 2.25 bits per heavy atom. The van der Waals surface area contributed by atoms with E-state index in [1.54, 1.807) is 0 Å². The van der Waals surface area contributed by atoms with Crippen LogP contribution in [0.3, 0.4) is 0 Å². The topological polar surface area (TPSA) is 41.9 Å². The molecule has 3 rings (SSSR count). The zero-order valence-corrected chi connectivity index (χ0v) is 16.2. The number of nitrogens with zero attached hydrogens (tertiary/aromatic N) is 2. The lowest BCUT2D eigenvalue weighted by Gasteiger charge is -2.13. The van der Waals surface area contributed by atoms with Gasteiger partial charge in [-0.25, -0.2) is 0 Å². The molecule has 28 heavy (non-hydrogen) atoms. The second kappa shape index (κ2) is 8.02. The largest absolute Gasteiger partial charge is 0.416 e. The molecule has 2 N–H and O–H groups in total. The molecule has 4 nitrogen and oxygen atoms in total. The fraction of sp³-hybridized carbons (Fsp3) is 0.200. The summed E-state index contributed by atoms with van der Waals surface area (Å²) in [5.41, 5.74) is 3.33. The molecule has 8 heteroatoms. The monoisotopic (exact) mass is 404 g/mol. The summed E-state index contributed by atoms with van der Waals surface area (Å²) >= 11 is 5.23. The zero-order valence-electron chi connectivity index (χ0n) is 15.3. The molecule has 0 amide bonds. The Balaban J connectivity index is 1.67. The predicted molar refractivity (Wildman–Crippen MR) is 109 cm³/mol. The molecule has 3 aromatic rings. The number of rotatable bonds is 4. The maximum atomic E-state index is 12.8. The van der Waals surface area contributed by atoms with E-state index in [4.69, 9.17) is 12.2 Å². The lowest BCUT2D eigenvalue weighted by Crippen LogP contribution is -2.19. The average Bonchev–Trinajstić information content (AvgIpc) is 2.91. The molecular formula is C20H19F3N4S. The van der Waals surface area contributed by atoms with E-state index < -0.39 is 11.7 Å². The second-order valence-corrected chi connectivity index (χ2v) is 6.85. The van der Waals surface area contributed by atoms with E-state index in [0.717, 1.165) is 34.8 Å². The van der Waals surface area contributed by atoms with E-state index in [-0.39, 0.29) is 10.8 Å². The van der Waals surface area contributed by atoms with Crippen molar-refractivity contribution in [1.82, 2.24) is 9.78 Å². The van der Waals surface area contributed by atoms with Crippen molar-refractivity contribution in [3.63, 3.8) is 0 Å².